The third-order valence-corrected chi connectivity index (χ3v) is 2.60. The molecule has 0 unspecified atom stereocenters. The van der Waals surface area contributed by atoms with Gasteiger partial charge in [0.15, 0.2) is 0 Å². The summed E-state index contributed by atoms with van der Waals surface area (Å²) in [6.45, 7) is 0.503. The molecule has 1 aromatic heterocycles. The molecule has 17 heavy (non-hydrogen) atoms. The maximum Gasteiger partial charge on any atom is 0.326 e. The average molecular weight is 352 g/mol. The van der Waals surface area contributed by atoms with E-state index in [1.165, 1.54) is 12.5 Å². The number of carboxylic acids is 1. The molecular formula is C9H13IN4O3. The topological polar surface area (TPSA) is 107 Å². The fraction of sp³-hybridized carbons (Fsp3) is 0.444. The van der Waals surface area contributed by atoms with E-state index in [9.17, 15) is 9.59 Å². The Morgan fingerprint density at radius 2 is 2.35 bits per heavy atom. The van der Waals surface area contributed by atoms with Crippen LogP contribution in [-0.2, 0) is 16.0 Å². The van der Waals surface area contributed by atoms with Crippen molar-refractivity contribution < 1.29 is 14.7 Å². The molecule has 0 saturated heterocycles. The number of aromatic nitrogens is 2. The number of rotatable bonds is 7. The molecule has 0 radical (unpaired) electrons. The molecule has 0 aromatic carbocycles. The molecule has 0 aliphatic rings. The van der Waals surface area contributed by atoms with E-state index in [0.29, 0.717) is 12.2 Å². The van der Waals surface area contributed by atoms with Crippen LogP contribution in [0.2, 0.25) is 0 Å². The highest BCUT2D eigenvalue weighted by Gasteiger charge is 2.20. The van der Waals surface area contributed by atoms with Crippen LogP contribution < -0.4 is 8.85 Å². The van der Waals surface area contributed by atoms with Crippen LogP contribution in [-0.4, -0.2) is 39.5 Å². The highest BCUT2D eigenvalue weighted by Crippen LogP contribution is 1.99. The molecule has 4 N–H and O–H groups in total. The smallest absolute Gasteiger partial charge is 0.326 e. The molecule has 1 heterocycles. The number of carbonyl (C=O) groups excluding carboxylic acids is 1. The maximum absolute atomic E-state index is 11.4. The van der Waals surface area contributed by atoms with Gasteiger partial charge in [-0.1, -0.05) is 0 Å². The van der Waals surface area contributed by atoms with Crippen LogP contribution in [0.15, 0.2) is 12.5 Å². The third-order valence-electron chi connectivity index (χ3n) is 2.06. The number of hydrogen-bond acceptors (Lipinski definition) is 4. The Morgan fingerprint density at radius 3 is 2.88 bits per heavy atom. The van der Waals surface area contributed by atoms with Crippen molar-refractivity contribution in [2.45, 2.75) is 18.9 Å². The summed E-state index contributed by atoms with van der Waals surface area (Å²) in [5, 5.41) is 11.4. The van der Waals surface area contributed by atoms with Crippen LogP contribution >= 0.6 is 22.9 Å². The van der Waals surface area contributed by atoms with Gasteiger partial charge in [0, 0.05) is 54.1 Å². The first-order valence-corrected chi connectivity index (χ1v) is 6.04. The van der Waals surface area contributed by atoms with E-state index in [-0.39, 0.29) is 18.7 Å². The van der Waals surface area contributed by atoms with Gasteiger partial charge in [0.25, 0.3) is 0 Å². The summed E-state index contributed by atoms with van der Waals surface area (Å²) >= 11 is 1.93. The fourth-order valence-corrected chi connectivity index (χ4v) is 1.51. The Morgan fingerprint density at radius 1 is 1.59 bits per heavy atom. The van der Waals surface area contributed by atoms with Gasteiger partial charge in [0.2, 0.25) is 5.91 Å². The standard InChI is InChI=1S/C9H13IN4O3/c10-13-2-1-8(15)14-7(9(16)17)3-6-4-11-5-12-6/h4-5,7,13H,1-3H2,(H,11,12)(H,14,15)(H,16,17)/t7-/m0/s1. The van der Waals surface area contributed by atoms with E-state index in [4.69, 9.17) is 5.11 Å². The molecule has 8 heteroatoms. The number of aliphatic carboxylic acids is 1. The number of carboxylic acid groups (broad SMARTS) is 1. The van der Waals surface area contributed by atoms with E-state index in [1.807, 2.05) is 22.9 Å². The lowest BCUT2D eigenvalue weighted by Crippen LogP contribution is -2.42. The number of H-pyrrole nitrogens is 1. The fourth-order valence-electron chi connectivity index (χ4n) is 1.24. The van der Waals surface area contributed by atoms with E-state index >= 15 is 0 Å². The van der Waals surface area contributed by atoms with Gasteiger partial charge >= 0.3 is 5.97 Å². The van der Waals surface area contributed by atoms with Crippen molar-refractivity contribution in [3.05, 3.63) is 18.2 Å². The molecular weight excluding hydrogens is 339 g/mol. The highest BCUT2D eigenvalue weighted by molar-refractivity contribution is 14.1. The van der Waals surface area contributed by atoms with Crippen molar-refractivity contribution in [1.82, 2.24) is 18.8 Å². The number of nitrogens with zero attached hydrogens (tertiary/aromatic N) is 1. The summed E-state index contributed by atoms with van der Waals surface area (Å²) in [5.41, 5.74) is 0.671. The molecule has 1 atom stereocenters. The second-order valence-corrected chi connectivity index (χ2v) is 4.14. The molecule has 1 rings (SSSR count). The molecule has 0 spiro atoms. The number of aromatic amines is 1. The van der Waals surface area contributed by atoms with E-state index in [2.05, 4.69) is 18.8 Å². The van der Waals surface area contributed by atoms with E-state index < -0.39 is 12.0 Å². The van der Waals surface area contributed by atoms with Crippen LogP contribution in [0, 0.1) is 0 Å². The van der Waals surface area contributed by atoms with Crippen molar-refractivity contribution in [1.29, 1.82) is 0 Å². The molecule has 7 nitrogen and oxygen atoms in total. The number of amides is 1. The van der Waals surface area contributed by atoms with Crippen molar-refractivity contribution in [3.63, 3.8) is 0 Å². The predicted molar refractivity (Wildman–Crippen MR) is 68.5 cm³/mol. The Balaban J connectivity index is 2.49. The number of hydrogen-bond donors (Lipinski definition) is 4. The second kappa shape index (κ2) is 7.22. The monoisotopic (exact) mass is 352 g/mol. The predicted octanol–water partition coefficient (Wildman–Crippen LogP) is -0.149. The Labute approximate surface area is 112 Å². The first-order chi connectivity index (χ1) is 8.13. The maximum atomic E-state index is 11.4. The summed E-state index contributed by atoms with van der Waals surface area (Å²) < 4.78 is 2.79. The molecule has 0 fully saturated rings. The van der Waals surface area contributed by atoms with Gasteiger partial charge in [-0.3, -0.25) is 8.32 Å². The summed E-state index contributed by atoms with van der Waals surface area (Å²) in [6, 6.07) is -0.933. The first kappa shape index (κ1) is 13.9. The Hall–Kier alpha value is -1.16. The SMILES string of the molecule is O=C(CCNI)N[C@@H](Cc1cnc[nH]1)C(=O)O. The van der Waals surface area contributed by atoms with Crippen LogP contribution in [0.4, 0.5) is 0 Å². The van der Waals surface area contributed by atoms with Gasteiger partial charge in [-0.05, 0) is 0 Å². The van der Waals surface area contributed by atoms with Crippen molar-refractivity contribution in [3.8, 4) is 0 Å². The zero-order valence-electron chi connectivity index (χ0n) is 8.94. The van der Waals surface area contributed by atoms with Crippen molar-refractivity contribution in [2.24, 2.45) is 0 Å². The lowest BCUT2D eigenvalue weighted by Gasteiger charge is -2.13. The third kappa shape index (κ3) is 5.13. The number of halogens is 1. The van der Waals surface area contributed by atoms with Crippen LogP contribution in [0.1, 0.15) is 12.1 Å². The summed E-state index contributed by atoms with van der Waals surface area (Å²) in [6.07, 6.45) is 3.44. The van der Waals surface area contributed by atoms with Gasteiger partial charge in [0.1, 0.15) is 6.04 Å². The molecule has 94 valence electrons. The Kier molecular flexibility index (Phi) is 5.91. The van der Waals surface area contributed by atoms with Gasteiger partial charge in [-0.25, -0.2) is 9.78 Å². The van der Waals surface area contributed by atoms with Crippen LogP contribution in [0.25, 0.3) is 0 Å². The normalized spacial score (nSPS) is 12.1. The van der Waals surface area contributed by atoms with Gasteiger partial charge in [0.05, 0.1) is 6.33 Å². The number of carbonyl (C=O) groups is 2. The largest absolute Gasteiger partial charge is 0.480 e. The molecule has 0 bridgehead atoms. The minimum absolute atomic E-state index is 0.193. The molecule has 1 amide bonds. The highest BCUT2D eigenvalue weighted by atomic mass is 127. The van der Waals surface area contributed by atoms with Gasteiger partial charge < -0.3 is 15.4 Å². The van der Waals surface area contributed by atoms with E-state index in [1.54, 1.807) is 0 Å². The van der Waals surface area contributed by atoms with Crippen molar-refractivity contribution in [2.75, 3.05) is 6.54 Å². The lowest BCUT2D eigenvalue weighted by molar-refractivity contribution is -0.141. The minimum atomic E-state index is -1.06. The first-order valence-electron chi connectivity index (χ1n) is 4.96. The molecule has 1 aromatic rings. The van der Waals surface area contributed by atoms with Gasteiger partial charge in [-0.15, -0.1) is 0 Å². The molecule has 0 aliphatic carbocycles. The van der Waals surface area contributed by atoms with Crippen LogP contribution in [0.5, 0.6) is 0 Å². The number of imidazole rings is 1. The Bertz CT molecular complexity index is 368. The zero-order valence-corrected chi connectivity index (χ0v) is 11.1. The van der Waals surface area contributed by atoms with Crippen LogP contribution in [0.3, 0.4) is 0 Å². The second-order valence-electron chi connectivity index (χ2n) is 3.37. The molecule has 0 aliphatic heterocycles. The zero-order chi connectivity index (χ0) is 12.7. The van der Waals surface area contributed by atoms with Crippen molar-refractivity contribution >= 4 is 34.7 Å². The summed E-state index contributed by atoms with van der Waals surface area (Å²) in [7, 11) is 0. The lowest BCUT2D eigenvalue weighted by atomic mass is 10.1. The number of nitrogens with one attached hydrogen (secondary N) is 3. The average Bonchev–Trinajstić information content (AvgIpc) is 2.78. The summed E-state index contributed by atoms with van der Waals surface area (Å²) in [4.78, 5) is 29.0. The quantitative estimate of drug-likeness (QED) is 0.403. The minimum Gasteiger partial charge on any atom is -0.480 e. The van der Waals surface area contributed by atoms with Gasteiger partial charge in [-0.2, -0.15) is 0 Å². The molecule has 0 saturated carbocycles. The summed E-state index contributed by atoms with van der Waals surface area (Å²) in [5.74, 6) is -1.35. The van der Waals surface area contributed by atoms with E-state index in [0.717, 1.165) is 0 Å².